The summed E-state index contributed by atoms with van der Waals surface area (Å²) in [5, 5.41) is 1.83. The van der Waals surface area contributed by atoms with Gasteiger partial charge < -0.3 is 15.4 Å². The molecular formula is C15H19ClN2O2S. The molecule has 1 heterocycles. The van der Waals surface area contributed by atoms with Crippen LogP contribution in [0.2, 0.25) is 0 Å². The molecule has 0 aliphatic carbocycles. The zero-order chi connectivity index (χ0) is 14.4. The van der Waals surface area contributed by atoms with E-state index in [1.54, 1.807) is 18.1 Å². The van der Waals surface area contributed by atoms with E-state index in [4.69, 9.17) is 10.5 Å². The third kappa shape index (κ3) is 4.74. The Morgan fingerprint density at radius 1 is 1.33 bits per heavy atom. The number of benzene rings is 1. The predicted octanol–water partition coefficient (Wildman–Crippen LogP) is 2.78. The molecule has 0 atom stereocenters. The van der Waals surface area contributed by atoms with E-state index in [2.05, 4.69) is 0 Å². The van der Waals surface area contributed by atoms with Gasteiger partial charge >= 0.3 is 0 Å². The van der Waals surface area contributed by atoms with E-state index in [1.165, 1.54) is 11.3 Å². The van der Waals surface area contributed by atoms with Crippen LogP contribution in [0, 0.1) is 0 Å². The van der Waals surface area contributed by atoms with Crippen molar-refractivity contribution < 1.29 is 9.53 Å². The van der Waals surface area contributed by atoms with Crippen LogP contribution in [0.25, 0.3) is 0 Å². The third-order valence-electron chi connectivity index (χ3n) is 2.92. The lowest BCUT2D eigenvalue weighted by Gasteiger charge is -2.21. The van der Waals surface area contributed by atoms with Crippen molar-refractivity contribution in [2.45, 2.75) is 6.54 Å². The maximum Gasteiger partial charge on any atom is 0.264 e. The highest BCUT2D eigenvalue weighted by atomic mass is 35.5. The average Bonchev–Trinajstić information content (AvgIpc) is 2.96. The van der Waals surface area contributed by atoms with Gasteiger partial charge in [0.1, 0.15) is 5.75 Å². The number of methoxy groups -OCH3 is 1. The van der Waals surface area contributed by atoms with Crippen molar-refractivity contribution in [2.24, 2.45) is 5.73 Å². The van der Waals surface area contributed by atoms with Gasteiger partial charge in [0, 0.05) is 31.1 Å². The van der Waals surface area contributed by atoms with E-state index in [1.807, 2.05) is 35.7 Å². The van der Waals surface area contributed by atoms with E-state index in [-0.39, 0.29) is 18.3 Å². The molecule has 0 spiro atoms. The largest absolute Gasteiger partial charge is 0.496 e. The summed E-state index contributed by atoms with van der Waals surface area (Å²) in [5.74, 6) is 0.707. The molecule has 0 aliphatic rings. The molecule has 0 saturated heterocycles. The number of hydrogen-bond donors (Lipinski definition) is 1. The quantitative estimate of drug-likeness (QED) is 0.888. The van der Waals surface area contributed by atoms with Crippen LogP contribution in [0.3, 0.4) is 0 Å². The van der Waals surface area contributed by atoms with Gasteiger partial charge in [-0.2, -0.15) is 0 Å². The van der Waals surface area contributed by atoms with Gasteiger partial charge in [0.25, 0.3) is 5.91 Å². The summed E-state index contributed by atoms with van der Waals surface area (Å²) >= 11 is 1.39. The predicted molar refractivity (Wildman–Crippen MR) is 88.4 cm³/mol. The second-order valence-electron chi connectivity index (χ2n) is 4.35. The molecule has 0 fully saturated rings. The normalized spacial score (nSPS) is 9.81. The van der Waals surface area contributed by atoms with Gasteiger partial charge in [0.05, 0.1) is 12.0 Å². The smallest absolute Gasteiger partial charge is 0.264 e. The first-order valence-corrected chi connectivity index (χ1v) is 7.28. The minimum Gasteiger partial charge on any atom is -0.496 e. The van der Waals surface area contributed by atoms with Crippen LogP contribution in [-0.2, 0) is 6.54 Å². The lowest BCUT2D eigenvalue weighted by molar-refractivity contribution is 0.0753. The fourth-order valence-corrected chi connectivity index (χ4v) is 2.73. The van der Waals surface area contributed by atoms with Crippen molar-refractivity contribution in [1.29, 1.82) is 0 Å². The molecule has 21 heavy (non-hydrogen) atoms. The zero-order valence-corrected chi connectivity index (χ0v) is 13.5. The van der Waals surface area contributed by atoms with Gasteiger partial charge in [0.2, 0.25) is 0 Å². The SMILES string of the molecule is COc1csc(C(=O)N(CCN)Cc2ccccc2)c1.Cl. The molecule has 0 unspecified atom stereocenters. The van der Waals surface area contributed by atoms with E-state index in [0.29, 0.717) is 30.3 Å². The number of nitrogens with two attached hydrogens (primary N) is 1. The number of nitrogens with zero attached hydrogens (tertiary/aromatic N) is 1. The van der Waals surface area contributed by atoms with Gasteiger partial charge in [0.15, 0.2) is 0 Å². The maximum absolute atomic E-state index is 12.5. The molecular weight excluding hydrogens is 308 g/mol. The zero-order valence-electron chi connectivity index (χ0n) is 11.8. The number of hydrogen-bond acceptors (Lipinski definition) is 4. The molecule has 0 saturated carbocycles. The van der Waals surface area contributed by atoms with Gasteiger partial charge in [-0.15, -0.1) is 23.7 Å². The molecule has 1 aromatic heterocycles. The van der Waals surface area contributed by atoms with E-state index >= 15 is 0 Å². The molecule has 4 nitrogen and oxygen atoms in total. The minimum atomic E-state index is -0.00685. The van der Waals surface area contributed by atoms with Gasteiger partial charge in [-0.05, 0) is 5.56 Å². The topological polar surface area (TPSA) is 55.6 Å². The standard InChI is InChI=1S/C15H18N2O2S.ClH/c1-19-13-9-14(20-11-13)15(18)17(8-7-16)10-12-5-3-2-4-6-12;/h2-6,9,11H,7-8,10,16H2,1H3;1H. The number of rotatable bonds is 6. The molecule has 1 amide bonds. The van der Waals surface area contributed by atoms with E-state index < -0.39 is 0 Å². The summed E-state index contributed by atoms with van der Waals surface area (Å²) in [7, 11) is 1.60. The van der Waals surface area contributed by atoms with Crippen molar-refractivity contribution in [3.05, 3.63) is 52.2 Å². The molecule has 1 aromatic carbocycles. The van der Waals surface area contributed by atoms with Crippen molar-refractivity contribution in [2.75, 3.05) is 20.2 Å². The summed E-state index contributed by atoms with van der Waals surface area (Å²) in [4.78, 5) is 14.9. The summed E-state index contributed by atoms with van der Waals surface area (Å²) < 4.78 is 5.12. The molecule has 2 rings (SSSR count). The number of carbonyl (C=O) groups excluding carboxylic acids is 1. The molecule has 0 bridgehead atoms. The Morgan fingerprint density at radius 3 is 2.62 bits per heavy atom. The Hall–Kier alpha value is -1.56. The summed E-state index contributed by atoms with van der Waals surface area (Å²) in [6.45, 7) is 1.55. The molecule has 0 radical (unpaired) electrons. The minimum absolute atomic E-state index is 0. The van der Waals surface area contributed by atoms with Crippen LogP contribution in [-0.4, -0.2) is 31.0 Å². The van der Waals surface area contributed by atoms with Crippen LogP contribution >= 0.6 is 23.7 Å². The molecule has 114 valence electrons. The Bertz CT molecular complexity index is 560. The van der Waals surface area contributed by atoms with Crippen molar-refractivity contribution in [3.63, 3.8) is 0 Å². The van der Waals surface area contributed by atoms with Crippen LogP contribution in [0.5, 0.6) is 5.75 Å². The van der Waals surface area contributed by atoms with Crippen LogP contribution in [0.15, 0.2) is 41.8 Å². The molecule has 2 aromatic rings. The Labute approximate surface area is 134 Å². The average molecular weight is 327 g/mol. The van der Waals surface area contributed by atoms with Gasteiger partial charge in [-0.25, -0.2) is 0 Å². The first kappa shape index (κ1) is 17.5. The molecule has 2 N–H and O–H groups in total. The summed E-state index contributed by atoms with van der Waals surface area (Å²) in [5.41, 5.74) is 6.71. The number of carbonyl (C=O) groups is 1. The highest BCUT2D eigenvalue weighted by Gasteiger charge is 2.17. The Balaban J connectivity index is 0.00000220. The van der Waals surface area contributed by atoms with Crippen molar-refractivity contribution in [1.82, 2.24) is 4.90 Å². The van der Waals surface area contributed by atoms with Gasteiger partial charge in [-0.3, -0.25) is 4.79 Å². The first-order chi connectivity index (χ1) is 9.74. The van der Waals surface area contributed by atoms with E-state index in [9.17, 15) is 4.79 Å². The Kier molecular flexibility index (Phi) is 7.22. The molecule has 0 aliphatic heterocycles. The van der Waals surface area contributed by atoms with Crippen LogP contribution in [0.1, 0.15) is 15.2 Å². The first-order valence-electron chi connectivity index (χ1n) is 6.40. The lowest BCUT2D eigenvalue weighted by atomic mass is 10.2. The van der Waals surface area contributed by atoms with Gasteiger partial charge in [-0.1, -0.05) is 30.3 Å². The summed E-state index contributed by atoms with van der Waals surface area (Å²) in [6, 6.07) is 11.7. The van der Waals surface area contributed by atoms with Crippen molar-refractivity contribution >= 4 is 29.7 Å². The fraction of sp³-hybridized carbons (Fsp3) is 0.267. The van der Waals surface area contributed by atoms with Crippen LogP contribution < -0.4 is 10.5 Å². The van der Waals surface area contributed by atoms with Crippen LogP contribution in [0.4, 0.5) is 0 Å². The second kappa shape index (κ2) is 8.67. The highest BCUT2D eigenvalue weighted by Crippen LogP contribution is 2.23. The Morgan fingerprint density at radius 2 is 2.05 bits per heavy atom. The molecule has 6 heteroatoms. The number of ether oxygens (including phenoxy) is 1. The monoisotopic (exact) mass is 326 g/mol. The highest BCUT2D eigenvalue weighted by molar-refractivity contribution is 7.12. The maximum atomic E-state index is 12.5. The van der Waals surface area contributed by atoms with E-state index in [0.717, 1.165) is 5.56 Å². The summed E-state index contributed by atoms with van der Waals surface area (Å²) in [6.07, 6.45) is 0. The number of thiophene rings is 1. The second-order valence-corrected chi connectivity index (χ2v) is 5.26. The number of amides is 1. The fourth-order valence-electron chi connectivity index (χ4n) is 1.91. The third-order valence-corrected chi connectivity index (χ3v) is 3.82. The lowest BCUT2D eigenvalue weighted by Crippen LogP contribution is -2.34. The van der Waals surface area contributed by atoms with Crippen molar-refractivity contribution in [3.8, 4) is 5.75 Å². The number of halogens is 1.